The summed E-state index contributed by atoms with van der Waals surface area (Å²) in [5.74, 6) is -0.534. The van der Waals surface area contributed by atoms with E-state index in [-0.39, 0.29) is 18.4 Å². The Balaban J connectivity index is 1.75. The molecule has 6 nitrogen and oxygen atoms in total. The van der Waals surface area contributed by atoms with Crippen molar-refractivity contribution in [1.29, 1.82) is 0 Å². The van der Waals surface area contributed by atoms with Crippen LogP contribution in [0.25, 0.3) is 5.57 Å². The zero-order chi connectivity index (χ0) is 22.1. The number of amides is 2. The van der Waals surface area contributed by atoms with Gasteiger partial charge in [-0.25, -0.2) is 4.90 Å². The lowest BCUT2D eigenvalue weighted by Gasteiger charge is -2.36. The molecule has 2 aromatic rings. The Morgan fingerprint density at radius 3 is 2.00 bits per heavy atom. The maximum atomic E-state index is 13.6. The summed E-state index contributed by atoms with van der Waals surface area (Å²) in [6.07, 6.45) is 0. The van der Waals surface area contributed by atoms with Crippen LogP contribution in [0.15, 0.2) is 48.2 Å². The van der Waals surface area contributed by atoms with Crippen molar-refractivity contribution in [1.82, 2.24) is 9.80 Å². The first kappa shape index (κ1) is 21.3. The van der Waals surface area contributed by atoms with Gasteiger partial charge in [-0.1, -0.05) is 35.9 Å². The fourth-order valence-electron chi connectivity index (χ4n) is 4.44. The summed E-state index contributed by atoms with van der Waals surface area (Å²) in [5, 5.41) is 9.22. The van der Waals surface area contributed by atoms with Crippen molar-refractivity contribution in [2.24, 2.45) is 0 Å². The van der Waals surface area contributed by atoms with Crippen molar-refractivity contribution < 1.29 is 14.7 Å². The molecular weight excluding hydrogens is 390 g/mol. The fourth-order valence-corrected chi connectivity index (χ4v) is 4.44. The molecule has 0 bridgehead atoms. The van der Waals surface area contributed by atoms with E-state index in [4.69, 9.17) is 0 Å². The topological polar surface area (TPSA) is 64.1 Å². The van der Waals surface area contributed by atoms with Gasteiger partial charge in [0.15, 0.2) is 0 Å². The van der Waals surface area contributed by atoms with Gasteiger partial charge in [0.05, 0.1) is 17.9 Å². The lowest BCUT2D eigenvalue weighted by molar-refractivity contribution is -0.120. The number of anilines is 1. The first-order valence-electron chi connectivity index (χ1n) is 10.8. The van der Waals surface area contributed by atoms with Gasteiger partial charge >= 0.3 is 0 Å². The fraction of sp³-hybridized carbons (Fsp3) is 0.360. The maximum absolute atomic E-state index is 13.6. The van der Waals surface area contributed by atoms with Crippen LogP contribution < -0.4 is 4.90 Å². The van der Waals surface area contributed by atoms with Crippen molar-refractivity contribution >= 4 is 23.1 Å². The summed E-state index contributed by atoms with van der Waals surface area (Å²) in [4.78, 5) is 32.8. The Bertz CT molecular complexity index is 1010. The number of piperazine rings is 1. The summed E-state index contributed by atoms with van der Waals surface area (Å²) in [5.41, 5.74) is 5.47. The molecule has 0 atom stereocenters. The highest BCUT2D eigenvalue weighted by atomic mass is 16.3. The zero-order valence-corrected chi connectivity index (χ0v) is 18.4. The predicted molar refractivity (Wildman–Crippen MR) is 122 cm³/mol. The van der Waals surface area contributed by atoms with Gasteiger partial charge in [0.25, 0.3) is 11.8 Å². The molecule has 31 heavy (non-hydrogen) atoms. The van der Waals surface area contributed by atoms with Gasteiger partial charge in [-0.15, -0.1) is 0 Å². The molecule has 2 amide bonds. The molecule has 6 heteroatoms. The summed E-state index contributed by atoms with van der Waals surface area (Å²) in [6.45, 7) is 9.47. The second-order valence-electron chi connectivity index (χ2n) is 8.43. The quantitative estimate of drug-likeness (QED) is 0.755. The average molecular weight is 420 g/mol. The minimum absolute atomic E-state index is 0.120. The number of hydrogen-bond acceptors (Lipinski definition) is 5. The molecule has 1 N–H and O–H groups in total. The van der Waals surface area contributed by atoms with Crippen LogP contribution in [0.5, 0.6) is 0 Å². The molecule has 2 aromatic carbocycles. The SMILES string of the molecule is Cc1ccc(C2=C(N3CCN(CCO)CC3)C(=O)N(c3cc(C)cc(C)c3)C2=O)cc1. The van der Waals surface area contributed by atoms with Crippen LogP contribution in [0.2, 0.25) is 0 Å². The molecule has 1 fully saturated rings. The van der Waals surface area contributed by atoms with E-state index in [0.717, 1.165) is 35.3 Å². The molecule has 0 spiro atoms. The van der Waals surface area contributed by atoms with E-state index in [2.05, 4.69) is 4.90 Å². The third-order valence-electron chi connectivity index (χ3n) is 5.97. The second-order valence-corrected chi connectivity index (χ2v) is 8.43. The van der Waals surface area contributed by atoms with Crippen molar-refractivity contribution in [3.8, 4) is 0 Å². The smallest absolute Gasteiger partial charge is 0.282 e. The van der Waals surface area contributed by atoms with Crippen LogP contribution >= 0.6 is 0 Å². The largest absolute Gasteiger partial charge is 0.395 e. The number of imide groups is 1. The van der Waals surface area contributed by atoms with Gasteiger partial charge in [0, 0.05) is 32.7 Å². The van der Waals surface area contributed by atoms with Crippen LogP contribution in [0.4, 0.5) is 5.69 Å². The number of rotatable bonds is 5. The third-order valence-corrected chi connectivity index (χ3v) is 5.97. The Morgan fingerprint density at radius 1 is 0.806 bits per heavy atom. The molecule has 2 aliphatic rings. The molecule has 1 saturated heterocycles. The van der Waals surface area contributed by atoms with Crippen LogP contribution in [0.3, 0.4) is 0 Å². The van der Waals surface area contributed by atoms with E-state index in [1.807, 2.05) is 68.1 Å². The van der Waals surface area contributed by atoms with Crippen molar-refractivity contribution in [2.45, 2.75) is 20.8 Å². The first-order chi connectivity index (χ1) is 14.9. The summed E-state index contributed by atoms with van der Waals surface area (Å²) >= 11 is 0. The van der Waals surface area contributed by atoms with E-state index >= 15 is 0 Å². The van der Waals surface area contributed by atoms with E-state index in [9.17, 15) is 14.7 Å². The van der Waals surface area contributed by atoms with Crippen LogP contribution in [-0.4, -0.2) is 66.1 Å². The van der Waals surface area contributed by atoms with E-state index < -0.39 is 0 Å². The molecule has 0 saturated carbocycles. The average Bonchev–Trinajstić information content (AvgIpc) is 2.99. The summed E-state index contributed by atoms with van der Waals surface area (Å²) in [7, 11) is 0. The third kappa shape index (κ3) is 4.13. The Kier molecular flexibility index (Phi) is 5.94. The molecule has 4 rings (SSSR count). The predicted octanol–water partition coefficient (Wildman–Crippen LogP) is 2.51. The van der Waals surface area contributed by atoms with E-state index in [1.54, 1.807) is 0 Å². The number of aliphatic hydroxyl groups excluding tert-OH is 1. The number of aliphatic hydroxyl groups is 1. The van der Waals surface area contributed by atoms with Gasteiger partial charge < -0.3 is 10.0 Å². The van der Waals surface area contributed by atoms with Crippen molar-refractivity contribution in [2.75, 3.05) is 44.2 Å². The van der Waals surface area contributed by atoms with Crippen LogP contribution in [0.1, 0.15) is 22.3 Å². The number of hydrogen-bond donors (Lipinski definition) is 1. The Hall–Kier alpha value is -2.96. The monoisotopic (exact) mass is 419 g/mol. The number of β-amino-alcohol motifs (C(OH)–C–C–N with tert-alkyl or cyclic N) is 1. The number of carbonyl (C=O) groups excluding carboxylic acids is 2. The molecule has 0 aliphatic carbocycles. The Morgan fingerprint density at radius 2 is 1.42 bits per heavy atom. The number of aryl methyl sites for hydroxylation is 3. The van der Waals surface area contributed by atoms with Gasteiger partial charge in [-0.05, 0) is 49.6 Å². The highest BCUT2D eigenvalue weighted by Crippen LogP contribution is 2.36. The highest BCUT2D eigenvalue weighted by Gasteiger charge is 2.43. The maximum Gasteiger partial charge on any atom is 0.282 e. The molecular formula is C25H29N3O3. The molecule has 0 unspecified atom stereocenters. The zero-order valence-electron chi connectivity index (χ0n) is 18.4. The minimum atomic E-state index is -0.272. The van der Waals surface area contributed by atoms with Crippen molar-refractivity contribution in [3.63, 3.8) is 0 Å². The number of benzene rings is 2. The summed E-state index contributed by atoms with van der Waals surface area (Å²) < 4.78 is 0. The van der Waals surface area contributed by atoms with Crippen molar-refractivity contribution in [3.05, 3.63) is 70.4 Å². The first-order valence-corrected chi connectivity index (χ1v) is 10.8. The van der Waals surface area contributed by atoms with Crippen LogP contribution in [-0.2, 0) is 9.59 Å². The van der Waals surface area contributed by atoms with Gasteiger partial charge in [-0.3, -0.25) is 14.5 Å². The molecule has 2 heterocycles. The van der Waals surface area contributed by atoms with Gasteiger partial charge in [0.2, 0.25) is 0 Å². The van der Waals surface area contributed by atoms with E-state index in [1.165, 1.54) is 4.90 Å². The highest BCUT2D eigenvalue weighted by molar-refractivity contribution is 6.45. The van der Waals surface area contributed by atoms with Gasteiger partial charge in [0.1, 0.15) is 5.70 Å². The van der Waals surface area contributed by atoms with Gasteiger partial charge in [-0.2, -0.15) is 0 Å². The Labute approximate surface area is 183 Å². The molecule has 2 aliphatic heterocycles. The van der Waals surface area contributed by atoms with Crippen LogP contribution in [0, 0.1) is 20.8 Å². The van der Waals surface area contributed by atoms with E-state index in [0.29, 0.717) is 36.6 Å². The molecule has 0 aromatic heterocycles. The lowest BCUT2D eigenvalue weighted by Crippen LogP contribution is -2.48. The molecule has 162 valence electrons. The summed E-state index contributed by atoms with van der Waals surface area (Å²) in [6, 6.07) is 13.6. The number of carbonyl (C=O) groups is 2. The lowest BCUT2D eigenvalue weighted by atomic mass is 10.0. The standard InChI is InChI=1S/C25H29N3O3/c1-17-4-6-20(7-5-17)22-23(27-10-8-26(9-11-27)12-13-29)25(31)28(24(22)30)21-15-18(2)14-19(3)16-21/h4-7,14-16,29H,8-13H2,1-3H3. The number of nitrogens with zero attached hydrogens (tertiary/aromatic N) is 3. The second kappa shape index (κ2) is 8.65. The normalized spacial score (nSPS) is 17.8. The molecule has 0 radical (unpaired) electrons. The minimum Gasteiger partial charge on any atom is -0.395 e.